The molecule has 1 atom stereocenters. The van der Waals surface area contributed by atoms with E-state index < -0.39 is 17.8 Å². The van der Waals surface area contributed by atoms with Crippen LogP contribution in [0.25, 0.3) is 0 Å². The van der Waals surface area contributed by atoms with Crippen molar-refractivity contribution in [1.82, 2.24) is 0 Å². The highest BCUT2D eigenvalue weighted by Crippen LogP contribution is 2.33. The Labute approximate surface area is 104 Å². The summed E-state index contributed by atoms with van der Waals surface area (Å²) in [6, 6.07) is 3.05. The largest absolute Gasteiger partial charge is 0.416 e. The molecule has 0 fully saturated rings. The van der Waals surface area contributed by atoms with Gasteiger partial charge in [-0.1, -0.05) is 25.4 Å². The van der Waals surface area contributed by atoms with Gasteiger partial charge >= 0.3 is 6.18 Å². The third kappa shape index (κ3) is 4.21. The summed E-state index contributed by atoms with van der Waals surface area (Å²) in [6.07, 6.45) is -3.77. The zero-order valence-corrected chi connectivity index (χ0v) is 10.4. The number of nitrogens with two attached hydrogens (primary N) is 1. The summed E-state index contributed by atoms with van der Waals surface area (Å²) >= 11 is 5.68. The minimum Gasteiger partial charge on any atom is -0.324 e. The molecule has 1 aromatic rings. The van der Waals surface area contributed by atoms with Crippen LogP contribution in [0.2, 0.25) is 5.02 Å². The fourth-order valence-corrected chi connectivity index (χ4v) is 1.88. The van der Waals surface area contributed by atoms with Crippen LogP contribution in [-0.2, 0) is 6.18 Å². The molecule has 0 aliphatic carbocycles. The lowest BCUT2D eigenvalue weighted by Crippen LogP contribution is -2.14. The second-order valence-corrected chi connectivity index (χ2v) is 4.94. The van der Waals surface area contributed by atoms with Crippen molar-refractivity contribution >= 4 is 11.6 Å². The smallest absolute Gasteiger partial charge is 0.324 e. The molecular formula is C12H15ClF3N. The second-order valence-electron chi connectivity index (χ2n) is 4.51. The Balaban J connectivity index is 3.05. The third-order valence-electron chi connectivity index (χ3n) is 2.40. The predicted octanol–water partition coefficient (Wildman–Crippen LogP) is 4.40. The van der Waals surface area contributed by atoms with Gasteiger partial charge in [0.2, 0.25) is 0 Å². The van der Waals surface area contributed by atoms with Gasteiger partial charge in [0.1, 0.15) is 0 Å². The number of rotatable bonds is 3. The molecule has 0 saturated carbocycles. The Bertz CT molecular complexity index is 388. The van der Waals surface area contributed by atoms with Gasteiger partial charge < -0.3 is 5.73 Å². The number of hydrogen-bond acceptors (Lipinski definition) is 1. The molecule has 0 saturated heterocycles. The van der Waals surface area contributed by atoms with Crippen molar-refractivity contribution in [3.8, 4) is 0 Å². The first-order valence-electron chi connectivity index (χ1n) is 5.33. The van der Waals surface area contributed by atoms with E-state index >= 15 is 0 Å². The molecule has 1 aromatic carbocycles. The van der Waals surface area contributed by atoms with Crippen molar-refractivity contribution in [3.05, 3.63) is 34.3 Å². The molecule has 0 spiro atoms. The van der Waals surface area contributed by atoms with E-state index in [-0.39, 0.29) is 5.02 Å². The van der Waals surface area contributed by atoms with Gasteiger partial charge in [-0.05, 0) is 36.1 Å². The average Bonchev–Trinajstić information content (AvgIpc) is 2.14. The minimum atomic E-state index is -4.39. The van der Waals surface area contributed by atoms with Crippen LogP contribution in [0.1, 0.15) is 37.4 Å². The normalized spacial score (nSPS) is 14.1. The lowest BCUT2D eigenvalue weighted by molar-refractivity contribution is -0.137. The molecule has 0 heterocycles. The monoisotopic (exact) mass is 265 g/mol. The lowest BCUT2D eigenvalue weighted by atomic mass is 9.96. The van der Waals surface area contributed by atoms with Crippen LogP contribution < -0.4 is 5.73 Å². The highest BCUT2D eigenvalue weighted by atomic mass is 35.5. The van der Waals surface area contributed by atoms with Crippen molar-refractivity contribution in [2.75, 3.05) is 0 Å². The minimum absolute atomic E-state index is 0.0639. The SMILES string of the molecule is CC(C)C[C@@H](N)c1cc(Cl)cc(C(F)(F)F)c1. The van der Waals surface area contributed by atoms with Crippen molar-refractivity contribution in [2.45, 2.75) is 32.5 Å². The summed E-state index contributed by atoms with van der Waals surface area (Å²) in [5, 5.41) is 0.0639. The summed E-state index contributed by atoms with van der Waals surface area (Å²) in [5.41, 5.74) is 5.53. The molecule has 0 aliphatic rings. The van der Waals surface area contributed by atoms with Gasteiger partial charge in [0.15, 0.2) is 0 Å². The molecule has 0 aliphatic heterocycles. The molecule has 1 rings (SSSR count). The summed E-state index contributed by atoms with van der Waals surface area (Å²) in [4.78, 5) is 0. The van der Waals surface area contributed by atoms with E-state index in [4.69, 9.17) is 17.3 Å². The van der Waals surface area contributed by atoms with Gasteiger partial charge in [0.25, 0.3) is 0 Å². The molecule has 5 heteroatoms. The van der Waals surface area contributed by atoms with Crippen molar-refractivity contribution in [1.29, 1.82) is 0 Å². The van der Waals surface area contributed by atoms with Crippen molar-refractivity contribution < 1.29 is 13.2 Å². The van der Waals surface area contributed by atoms with Gasteiger partial charge in [-0.25, -0.2) is 0 Å². The summed E-state index contributed by atoms with van der Waals surface area (Å²) in [7, 11) is 0. The van der Waals surface area contributed by atoms with Gasteiger partial charge in [-0.3, -0.25) is 0 Å². The molecule has 0 radical (unpaired) electrons. The van der Waals surface area contributed by atoms with E-state index in [2.05, 4.69) is 0 Å². The highest BCUT2D eigenvalue weighted by molar-refractivity contribution is 6.30. The van der Waals surface area contributed by atoms with Crippen LogP contribution in [-0.4, -0.2) is 0 Å². The van der Waals surface area contributed by atoms with Crippen LogP contribution in [0.15, 0.2) is 18.2 Å². The zero-order valence-electron chi connectivity index (χ0n) is 9.68. The fraction of sp³-hybridized carbons (Fsp3) is 0.500. The first-order chi connectivity index (χ1) is 7.70. The molecule has 0 bridgehead atoms. The standard InChI is InChI=1S/C12H15ClF3N/c1-7(2)3-11(17)8-4-9(12(14,15)16)6-10(13)5-8/h4-7,11H,3,17H2,1-2H3/t11-/m1/s1. The Morgan fingerprint density at radius 2 is 1.82 bits per heavy atom. The molecule has 0 unspecified atom stereocenters. The van der Waals surface area contributed by atoms with E-state index in [0.29, 0.717) is 17.9 Å². The summed E-state index contributed by atoms with van der Waals surface area (Å²) in [5.74, 6) is 0.318. The molecule has 0 aromatic heterocycles. The zero-order chi connectivity index (χ0) is 13.2. The number of halogens is 4. The van der Waals surface area contributed by atoms with E-state index in [0.717, 1.165) is 12.1 Å². The molecule has 17 heavy (non-hydrogen) atoms. The Kier molecular flexibility index (Phi) is 4.44. The van der Waals surface area contributed by atoms with Crippen molar-refractivity contribution in [3.63, 3.8) is 0 Å². The van der Waals surface area contributed by atoms with Gasteiger partial charge in [-0.15, -0.1) is 0 Å². The van der Waals surface area contributed by atoms with E-state index in [1.165, 1.54) is 6.07 Å². The first-order valence-corrected chi connectivity index (χ1v) is 5.71. The molecule has 2 N–H and O–H groups in total. The Morgan fingerprint density at radius 3 is 2.29 bits per heavy atom. The maximum absolute atomic E-state index is 12.6. The molecule has 1 nitrogen and oxygen atoms in total. The lowest BCUT2D eigenvalue weighted by Gasteiger charge is -2.17. The number of alkyl halides is 3. The fourth-order valence-electron chi connectivity index (χ4n) is 1.63. The van der Waals surface area contributed by atoms with E-state index in [1.54, 1.807) is 0 Å². The van der Waals surface area contributed by atoms with Gasteiger partial charge in [-0.2, -0.15) is 13.2 Å². The topological polar surface area (TPSA) is 26.0 Å². The molecular weight excluding hydrogens is 251 g/mol. The predicted molar refractivity (Wildman–Crippen MR) is 62.8 cm³/mol. The van der Waals surface area contributed by atoms with Gasteiger partial charge in [0.05, 0.1) is 5.56 Å². The first kappa shape index (κ1) is 14.3. The number of benzene rings is 1. The molecule has 96 valence electrons. The average molecular weight is 266 g/mol. The van der Waals surface area contributed by atoms with E-state index in [1.807, 2.05) is 13.8 Å². The van der Waals surface area contributed by atoms with Crippen LogP contribution in [0, 0.1) is 5.92 Å². The second kappa shape index (κ2) is 5.27. The van der Waals surface area contributed by atoms with Crippen LogP contribution >= 0.6 is 11.6 Å². The Morgan fingerprint density at radius 1 is 1.24 bits per heavy atom. The maximum atomic E-state index is 12.6. The highest BCUT2D eigenvalue weighted by Gasteiger charge is 2.31. The summed E-state index contributed by atoms with van der Waals surface area (Å²) in [6.45, 7) is 3.93. The Hall–Kier alpha value is -0.740. The van der Waals surface area contributed by atoms with Gasteiger partial charge in [0, 0.05) is 11.1 Å². The van der Waals surface area contributed by atoms with E-state index in [9.17, 15) is 13.2 Å². The third-order valence-corrected chi connectivity index (χ3v) is 2.62. The van der Waals surface area contributed by atoms with Crippen LogP contribution in [0.3, 0.4) is 0 Å². The quantitative estimate of drug-likeness (QED) is 0.861. The summed E-state index contributed by atoms with van der Waals surface area (Å²) < 4.78 is 37.7. The van der Waals surface area contributed by atoms with Crippen LogP contribution in [0.4, 0.5) is 13.2 Å². The molecule has 0 amide bonds. The maximum Gasteiger partial charge on any atom is 0.416 e. The van der Waals surface area contributed by atoms with Crippen molar-refractivity contribution in [2.24, 2.45) is 11.7 Å². The van der Waals surface area contributed by atoms with Crippen LogP contribution in [0.5, 0.6) is 0 Å². The number of hydrogen-bond donors (Lipinski definition) is 1.